The van der Waals surface area contributed by atoms with Crippen molar-refractivity contribution in [2.24, 2.45) is 0 Å². The van der Waals surface area contributed by atoms with Gasteiger partial charge in [-0.2, -0.15) is 0 Å². The van der Waals surface area contributed by atoms with Crippen LogP contribution in [0.4, 0.5) is 16.2 Å². The number of hydrogen-bond donors (Lipinski definition) is 0. The number of anilines is 1. The second-order valence-electron chi connectivity index (χ2n) is 6.48. The molecule has 0 unspecified atom stereocenters. The fraction of sp³-hybridized carbons (Fsp3) is 0.263. The molecule has 2 aromatic carbocycles. The van der Waals surface area contributed by atoms with E-state index >= 15 is 0 Å². The maximum Gasteiger partial charge on any atom is 0.415 e. The number of ether oxygens (including phenoxy) is 3. The Labute approximate surface area is 160 Å². The summed E-state index contributed by atoms with van der Waals surface area (Å²) in [6, 6.07) is 12.0. The average Bonchev–Trinajstić information content (AvgIpc) is 3.01. The van der Waals surface area contributed by atoms with Gasteiger partial charge in [0.1, 0.15) is 12.4 Å². The molecule has 0 aliphatic carbocycles. The summed E-state index contributed by atoms with van der Waals surface area (Å²) in [6.07, 6.45) is -0.543. The number of rotatable bonds is 6. The summed E-state index contributed by atoms with van der Waals surface area (Å²) in [4.78, 5) is 36.0. The monoisotopic (exact) mass is 386 g/mol. The minimum absolute atomic E-state index is 0.122. The molecule has 1 fully saturated rings. The third kappa shape index (κ3) is 4.03. The van der Waals surface area contributed by atoms with E-state index in [1.807, 2.05) is 0 Å². The van der Waals surface area contributed by atoms with E-state index in [9.17, 15) is 19.7 Å². The number of carbonyl (C=O) groups excluding carboxylic acids is 2. The highest BCUT2D eigenvalue weighted by atomic mass is 16.6. The van der Waals surface area contributed by atoms with Gasteiger partial charge >= 0.3 is 12.1 Å². The highest BCUT2D eigenvalue weighted by Crippen LogP contribution is 2.29. The zero-order chi connectivity index (χ0) is 20.3. The molecule has 1 amide bonds. The molecule has 9 nitrogen and oxygen atoms in total. The van der Waals surface area contributed by atoms with Gasteiger partial charge in [0.15, 0.2) is 5.60 Å². The predicted octanol–water partition coefficient (Wildman–Crippen LogP) is 3.18. The number of hydrogen-bond acceptors (Lipinski definition) is 7. The van der Waals surface area contributed by atoms with E-state index in [0.717, 1.165) is 0 Å². The molecule has 0 N–H and O–H groups in total. The molecule has 1 heterocycles. The summed E-state index contributed by atoms with van der Waals surface area (Å²) in [5.41, 5.74) is -0.335. The van der Waals surface area contributed by atoms with Crippen molar-refractivity contribution in [3.63, 3.8) is 0 Å². The lowest BCUT2D eigenvalue weighted by atomic mass is 10.1. The highest BCUT2D eigenvalue weighted by Gasteiger charge is 2.43. The quantitative estimate of drug-likeness (QED) is 0.426. The first kappa shape index (κ1) is 19.2. The van der Waals surface area contributed by atoms with Crippen LogP contribution in [0.2, 0.25) is 0 Å². The van der Waals surface area contributed by atoms with Crippen LogP contribution in [-0.4, -0.2) is 42.8 Å². The molecule has 0 saturated carbocycles. The number of methoxy groups -OCH3 is 1. The third-order valence-corrected chi connectivity index (χ3v) is 4.25. The van der Waals surface area contributed by atoms with Crippen molar-refractivity contribution in [1.29, 1.82) is 0 Å². The van der Waals surface area contributed by atoms with Crippen molar-refractivity contribution in [2.45, 2.75) is 12.5 Å². The van der Waals surface area contributed by atoms with Crippen LogP contribution in [0.1, 0.15) is 17.3 Å². The van der Waals surface area contributed by atoms with E-state index < -0.39 is 22.6 Å². The van der Waals surface area contributed by atoms with Gasteiger partial charge in [-0.1, -0.05) is 0 Å². The molecule has 0 bridgehead atoms. The Balaban J connectivity index is 1.62. The van der Waals surface area contributed by atoms with Crippen LogP contribution in [0.15, 0.2) is 48.5 Å². The minimum atomic E-state index is -1.02. The van der Waals surface area contributed by atoms with Crippen molar-refractivity contribution in [2.75, 3.05) is 25.2 Å². The average molecular weight is 386 g/mol. The minimum Gasteiger partial charge on any atom is -0.497 e. The van der Waals surface area contributed by atoms with E-state index in [2.05, 4.69) is 0 Å². The number of benzene rings is 2. The van der Waals surface area contributed by atoms with Crippen molar-refractivity contribution >= 4 is 23.4 Å². The van der Waals surface area contributed by atoms with Gasteiger partial charge in [0.2, 0.25) is 0 Å². The SMILES string of the molecule is COc1ccc(N2C[C@@](C)(COC(=O)c3ccc([N+](=O)[O-])cc3)OC2=O)cc1. The van der Waals surface area contributed by atoms with Gasteiger partial charge in [-0.3, -0.25) is 15.0 Å². The largest absolute Gasteiger partial charge is 0.497 e. The summed E-state index contributed by atoms with van der Waals surface area (Å²) >= 11 is 0. The van der Waals surface area contributed by atoms with Crippen molar-refractivity contribution in [3.8, 4) is 5.75 Å². The van der Waals surface area contributed by atoms with Crippen LogP contribution in [0.25, 0.3) is 0 Å². The molecule has 1 saturated heterocycles. The Morgan fingerprint density at radius 2 is 1.86 bits per heavy atom. The normalized spacial score (nSPS) is 18.5. The lowest BCUT2D eigenvalue weighted by molar-refractivity contribution is -0.384. The maximum absolute atomic E-state index is 12.2. The molecule has 1 atom stereocenters. The number of non-ortho nitro benzene ring substituents is 1. The Bertz CT molecular complexity index is 896. The molecule has 0 spiro atoms. The van der Waals surface area contributed by atoms with Crippen LogP contribution in [0.3, 0.4) is 0 Å². The molecule has 0 radical (unpaired) electrons. The molecule has 146 valence electrons. The van der Waals surface area contributed by atoms with Gasteiger partial charge in [0, 0.05) is 17.8 Å². The number of nitro benzene ring substituents is 1. The maximum atomic E-state index is 12.2. The Kier molecular flexibility index (Phi) is 5.16. The molecule has 1 aliphatic heterocycles. The topological polar surface area (TPSA) is 108 Å². The van der Waals surface area contributed by atoms with E-state index in [0.29, 0.717) is 11.4 Å². The first-order valence-electron chi connectivity index (χ1n) is 8.37. The van der Waals surface area contributed by atoms with Gasteiger partial charge in [0.05, 0.1) is 24.1 Å². The predicted molar refractivity (Wildman–Crippen MR) is 98.6 cm³/mol. The molecular weight excluding hydrogens is 368 g/mol. The fourth-order valence-electron chi connectivity index (χ4n) is 2.75. The molecule has 3 rings (SSSR count). The van der Waals surface area contributed by atoms with E-state index in [-0.39, 0.29) is 24.4 Å². The number of nitro groups is 1. The first-order valence-corrected chi connectivity index (χ1v) is 8.37. The summed E-state index contributed by atoms with van der Waals surface area (Å²) in [7, 11) is 1.55. The molecule has 28 heavy (non-hydrogen) atoms. The number of nitrogens with zero attached hydrogens (tertiary/aromatic N) is 2. The standard InChI is InChI=1S/C19H18N2O7/c1-19(12-27-17(22)13-3-5-15(6-4-13)21(24)25)11-20(18(23)28-19)14-7-9-16(26-2)10-8-14/h3-10H,11-12H2,1-2H3/t19-/m0/s1. The zero-order valence-electron chi connectivity index (χ0n) is 15.3. The molecule has 0 aromatic heterocycles. The Morgan fingerprint density at radius 3 is 2.43 bits per heavy atom. The Morgan fingerprint density at radius 1 is 1.21 bits per heavy atom. The lowest BCUT2D eigenvalue weighted by Gasteiger charge is -2.21. The van der Waals surface area contributed by atoms with E-state index in [1.165, 1.54) is 29.2 Å². The third-order valence-electron chi connectivity index (χ3n) is 4.25. The van der Waals surface area contributed by atoms with Gasteiger partial charge < -0.3 is 14.2 Å². The summed E-state index contributed by atoms with van der Waals surface area (Å²) < 4.78 is 15.7. The molecule has 2 aromatic rings. The molecule has 9 heteroatoms. The van der Waals surface area contributed by atoms with Crippen LogP contribution in [-0.2, 0) is 9.47 Å². The first-order chi connectivity index (χ1) is 13.3. The van der Waals surface area contributed by atoms with Crippen LogP contribution >= 0.6 is 0 Å². The van der Waals surface area contributed by atoms with Crippen molar-refractivity contribution in [3.05, 3.63) is 64.2 Å². The van der Waals surface area contributed by atoms with Gasteiger partial charge in [-0.15, -0.1) is 0 Å². The number of carbonyl (C=O) groups is 2. The lowest BCUT2D eigenvalue weighted by Crippen LogP contribution is -2.37. The summed E-state index contributed by atoms with van der Waals surface area (Å²) in [5, 5.41) is 10.7. The molecule has 1 aliphatic rings. The van der Waals surface area contributed by atoms with Gasteiger partial charge in [0.25, 0.3) is 5.69 Å². The Hall–Kier alpha value is -3.62. The highest BCUT2D eigenvalue weighted by molar-refractivity contribution is 5.91. The fourth-order valence-corrected chi connectivity index (χ4v) is 2.75. The van der Waals surface area contributed by atoms with Gasteiger partial charge in [-0.25, -0.2) is 9.59 Å². The second kappa shape index (κ2) is 7.55. The van der Waals surface area contributed by atoms with Crippen molar-refractivity contribution < 1.29 is 28.7 Å². The summed E-state index contributed by atoms with van der Waals surface area (Å²) in [5.74, 6) is 0.00572. The number of amides is 1. The zero-order valence-corrected chi connectivity index (χ0v) is 15.3. The van der Waals surface area contributed by atoms with Crippen LogP contribution in [0.5, 0.6) is 5.75 Å². The van der Waals surface area contributed by atoms with E-state index in [4.69, 9.17) is 14.2 Å². The second-order valence-corrected chi connectivity index (χ2v) is 6.48. The van der Waals surface area contributed by atoms with Gasteiger partial charge in [-0.05, 0) is 43.3 Å². The van der Waals surface area contributed by atoms with Crippen LogP contribution < -0.4 is 9.64 Å². The van der Waals surface area contributed by atoms with E-state index in [1.54, 1.807) is 38.3 Å². The summed E-state index contributed by atoms with van der Waals surface area (Å²) in [6.45, 7) is 1.71. The van der Waals surface area contributed by atoms with Crippen LogP contribution in [0, 0.1) is 10.1 Å². The number of cyclic esters (lactones) is 1. The number of esters is 1. The smallest absolute Gasteiger partial charge is 0.415 e. The molecular formula is C19H18N2O7. The van der Waals surface area contributed by atoms with Crippen molar-refractivity contribution in [1.82, 2.24) is 0 Å².